The van der Waals surface area contributed by atoms with Gasteiger partial charge in [-0.25, -0.2) is 9.97 Å². The molecule has 2 rings (SSSR count). The molecule has 1 saturated heterocycles. The molecule has 1 aliphatic rings. The van der Waals surface area contributed by atoms with Gasteiger partial charge in [-0.2, -0.15) is 0 Å². The molecule has 0 aromatic carbocycles. The predicted octanol–water partition coefficient (Wildman–Crippen LogP) is 1.63. The van der Waals surface area contributed by atoms with Gasteiger partial charge in [0, 0.05) is 24.3 Å². The fraction of sp³-hybridized carbons (Fsp3) is 0.556. The summed E-state index contributed by atoms with van der Waals surface area (Å²) in [5.41, 5.74) is 0.904. The molecular weight excluding hydrogens is 235 g/mol. The van der Waals surface area contributed by atoms with E-state index in [9.17, 15) is 0 Å². The zero-order chi connectivity index (χ0) is 9.97. The van der Waals surface area contributed by atoms with Crippen molar-refractivity contribution in [3.05, 3.63) is 16.9 Å². The van der Waals surface area contributed by atoms with Gasteiger partial charge in [0.25, 0.3) is 0 Å². The number of aryl methyl sites for hydroxylation is 1. The van der Waals surface area contributed by atoms with Crippen LogP contribution in [0, 0.1) is 6.92 Å². The van der Waals surface area contributed by atoms with Crippen molar-refractivity contribution in [3.63, 3.8) is 0 Å². The summed E-state index contributed by atoms with van der Waals surface area (Å²) in [5, 5.41) is 7.03. The second-order valence-electron chi connectivity index (χ2n) is 3.50. The first kappa shape index (κ1) is 12.5. The van der Waals surface area contributed by atoms with Gasteiger partial charge in [0.05, 0.1) is 0 Å². The van der Waals surface area contributed by atoms with Gasteiger partial charge in [0.1, 0.15) is 5.15 Å². The Bertz CT molecular complexity index is 326. The topological polar surface area (TPSA) is 49.8 Å². The van der Waals surface area contributed by atoms with Crippen LogP contribution in [0.4, 0.5) is 5.95 Å². The van der Waals surface area contributed by atoms with Crippen molar-refractivity contribution in [2.24, 2.45) is 0 Å². The summed E-state index contributed by atoms with van der Waals surface area (Å²) in [6, 6.07) is 0.425. The number of nitrogens with one attached hydrogen (secondary N) is 2. The third kappa shape index (κ3) is 3.19. The lowest BCUT2D eigenvalue weighted by Gasteiger charge is -2.11. The SMILES string of the molecule is Cc1cnc(N[C@H]2CCNC2)nc1Cl.Cl. The summed E-state index contributed by atoms with van der Waals surface area (Å²) in [6.45, 7) is 3.91. The summed E-state index contributed by atoms with van der Waals surface area (Å²) in [6.07, 6.45) is 2.84. The molecule has 2 N–H and O–H groups in total. The van der Waals surface area contributed by atoms with Gasteiger partial charge in [-0.15, -0.1) is 12.4 Å². The van der Waals surface area contributed by atoms with Crippen LogP contribution in [0.5, 0.6) is 0 Å². The van der Waals surface area contributed by atoms with Crippen molar-refractivity contribution in [2.75, 3.05) is 18.4 Å². The van der Waals surface area contributed by atoms with Gasteiger partial charge in [-0.05, 0) is 19.9 Å². The second-order valence-corrected chi connectivity index (χ2v) is 3.86. The smallest absolute Gasteiger partial charge is 0.224 e. The molecule has 1 aliphatic heterocycles. The van der Waals surface area contributed by atoms with Gasteiger partial charge in [0.2, 0.25) is 5.95 Å². The van der Waals surface area contributed by atoms with Crippen LogP contribution in [0.1, 0.15) is 12.0 Å². The average molecular weight is 249 g/mol. The van der Waals surface area contributed by atoms with Crippen LogP contribution in [-0.2, 0) is 0 Å². The Morgan fingerprint density at radius 1 is 1.60 bits per heavy atom. The van der Waals surface area contributed by atoms with E-state index >= 15 is 0 Å². The van der Waals surface area contributed by atoms with Crippen molar-refractivity contribution in [1.29, 1.82) is 0 Å². The molecule has 1 aromatic rings. The van der Waals surface area contributed by atoms with Crippen molar-refractivity contribution >= 4 is 30.0 Å². The molecule has 2 heterocycles. The first-order valence-electron chi connectivity index (χ1n) is 4.72. The molecule has 4 nitrogen and oxygen atoms in total. The number of nitrogens with zero attached hydrogens (tertiary/aromatic N) is 2. The number of rotatable bonds is 2. The van der Waals surface area contributed by atoms with E-state index in [1.807, 2.05) is 6.92 Å². The van der Waals surface area contributed by atoms with Gasteiger partial charge in [0.15, 0.2) is 0 Å². The molecule has 1 aromatic heterocycles. The molecule has 1 atom stereocenters. The van der Waals surface area contributed by atoms with E-state index < -0.39 is 0 Å². The lowest BCUT2D eigenvalue weighted by Crippen LogP contribution is -2.23. The van der Waals surface area contributed by atoms with E-state index in [1.54, 1.807) is 6.20 Å². The highest BCUT2D eigenvalue weighted by Crippen LogP contribution is 2.13. The van der Waals surface area contributed by atoms with Gasteiger partial charge in [-0.1, -0.05) is 11.6 Å². The monoisotopic (exact) mass is 248 g/mol. The lowest BCUT2D eigenvalue weighted by atomic mass is 10.3. The number of aromatic nitrogens is 2. The van der Waals surface area contributed by atoms with Crippen LogP contribution >= 0.6 is 24.0 Å². The van der Waals surface area contributed by atoms with Crippen molar-refractivity contribution in [2.45, 2.75) is 19.4 Å². The van der Waals surface area contributed by atoms with E-state index in [0.29, 0.717) is 17.1 Å². The highest BCUT2D eigenvalue weighted by Gasteiger charge is 2.15. The van der Waals surface area contributed by atoms with E-state index in [2.05, 4.69) is 20.6 Å². The van der Waals surface area contributed by atoms with Crippen molar-refractivity contribution < 1.29 is 0 Å². The number of hydrogen-bond acceptors (Lipinski definition) is 4. The average Bonchev–Trinajstić information content (AvgIpc) is 2.64. The molecule has 0 unspecified atom stereocenters. The summed E-state index contributed by atoms with van der Waals surface area (Å²) < 4.78 is 0. The maximum absolute atomic E-state index is 5.89. The zero-order valence-electron chi connectivity index (χ0n) is 8.46. The number of anilines is 1. The minimum atomic E-state index is 0. The minimum Gasteiger partial charge on any atom is -0.350 e. The largest absolute Gasteiger partial charge is 0.350 e. The highest BCUT2D eigenvalue weighted by atomic mass is 35.5. The molecule has 6 heteroatoms. The van der Waals surface area contributed by atoms with Crippen LogP contribution in [0.3, 0.4) is 0 Å². The van der Waals surface area contributed by atoms with Crippen LogP contribution < -0.4 is 10.6 Å². The standard InChI is InChI=1S/C9H13ClN4.ClH/c1-6-4-12-9(14-8(6)10)13-7-2-3-11-5-7;/h4,7,11H,2-3,5H2,1H3,(H,12,13,14);1H/t7-;/m0./s1. The molecule has 1 fully saturated rings. The maximum atomic E-state index is 5.89. The summed E-state index contributed by atoms with van der Waals surface area (Å²) in [4.78, 5) is 8.32. The Morgan fingerprint density at radius 3 is 3.00 bits per heavy atom. The zero-order valence-corrected chi connectivity index (χ0v) is 10.0. The van der Waals surface area contributed by atoms with Crippen LogP contribution in [0.25, 0.3) is 0 Å². The molecule has 0 saturated carbocycles. The molecule has 0 amide bonds. The van der Waals surface area contributed by atoms with E-state index in [-0.39, 0.29) is 12.4 Å². The van der Waals surface area contributed by atoms with Crippen LogP contribution in [0.15, 0.2) is 6.20 Å². The first-order chi connectivity index (χ1) is 6.75. The normalized spacial score (nSPS) is 19.7. The molecule has 0 aliphatic carbocycles. The van der Waals surface area contributed by atoms with Gasteiger partial charge >= 0.3 is 0 Å². The third-order valence-corrected chi connectivity index (χ3v) is 2.69. The van der Waals surface area contributed by atoms with Crippen molar-refractivity contribution in [3.8, 4) is 0 Å². The van der Waals surface area contributed by atoms with E-state index in [1.165, 1.54) is 0 Å². The Balaban J connectivity index is 0.00000112. The summed E-state index contributed by atoms with van der Waals surface area (Å²) in [7, 11) is 0. The molecule has 15 heavy (non-hydrogen) atoms. The van der Waals surface area contributed by atoms with E-state index in [0.717, 1.165) is 25.1 Å². The second kappa shape index (κ2) is 5.49. The van der Waals surface area contributed by atoms with Crippen LogP contribution in [-0.4, -0.2) is 29.1 Å². The summed E-state index contributed by atoms with van der Waals surface area (Å²) >= 11 is 5.89. The van der Waals surface area contributed by atoms with Crippen molar-refractivity contribution in [1.82, 2.24) is 15.3 Å². The summed E-state index contributed by atoms with van der Waals surface area (Å²) in [5.74, 6) is 0.620. The predicted molar refractivity (Wildman–Crippen MR) is 63.9 cm³/mol. The molecule has 0 spiro atoms. The molecule has 0 radical (unpaired) electrons. The third-order valence-electron chi connectivity index (χ3n) is 2.30. The lowest BCUT2D eigenvalue weighted by molar-refractivity contribution is 0.780. The fourth-order valence-electron chi connectivity index (χ4n) is 1.45. The quantitative estimate of drug-likeness (QED) is 0.782. The number of halogens is 2. The Kier molecular flexibility index (Phi) is 4.57. The minimum absolute atomic E-state index is 0. The fourth-order valence-corrected chi connectivity index (χ4v) is 1.58. The van der Waals surface area contributed by atoms with Gasteiger partial charge < -0.3 is 10.6 Å². The highest BCUT2D eigenvalue weighted by molar-refractivity contribution is 6.30. The molecule has 84 valence electrons. The van der Waals surface area contributed by atoms with Gasteiger partial charge in [-0.3, -0.25) is 0 Å². The Hall–Kier alpha value is -0.580. The van der Waals surface area contributed by atoms with Crippen LogP contribution in [0.2, 0.25) is 5.15 Å². The molecular formula is C9H14Cl2N4. The number of hydrogen-bond donors (Lipinski definition) is 2. The van der Waals surface area contributed by atoms with E-state index in [4.69, 9.17) is 11.6 Å². The maximum Gasteiger partial charge on any atom is 0.224 e. The first-order valence-corrected chi connectivity index (χ1v) is 5.10. The Labute approximate surface area is 100 Å². The molecule has 0 bridgehead atoms. The Morgan fingerprint density at radius 2 is 2.40 bits per heavy atom.